The van der Waals surface area contributed by atoms with E-state index in [1.165, 1.54) is 4.90 Å². The number of para-hydroxylation sites is 3. The SMILES string of the molecule is CC1CC(=O)Nc2ccccc2N1C(=O)COC(=O)c1nn(-c2ccccc2)c(=O)c2ccccc12. The molecule has 2 heterocycles. The van der Waals surface area contributed by atoms with Gasteiger partial charge in [0.1, 0.15) is 0 Å². The highest BCUT2D eigenvalue weighted by molar-refractivity contribution is 6.06. The van der Waals surface area contributed by atoms with Crippen molar-refractivity contribution in [3.05, 3.63) is 94.9 Å². The molecule has 4 aromatic rings. The number of amides is 2. The molecule has 0 aliphatic carbocycles. The molecule has 0 saturated heterocycles. The van der Waals surface area contributed by atoms with Crippen molar-refractivity contribution >= 4 is 39.9 Å². The molecule has 0 saturated carbocycles. The van der Waals surface area contributed by atoms with Gasteiger partial charge in [-0.1, -0.05) is 48.5 Å². The van der Waals surface area contributed by atoms with E-state index in [4.69, 9.17) is 4.74 Å². The summed E-state index contributed by atoms with van der Waals surface area (Å²) >= 11 is 0. The van der Waals surface area contributed by atoms with Gasteiger partial charge in [0.2, 0.25) is 5.91 Å². The second-order valence-corrected chi connectivity index (χ2v) is 8.41. The van der Waals surface area contributed by atoms with Gasteiger partial charge in [-0.15, -0.1) is 0 Å². The summed E-state index contributed by atoms with van der Waals surface area (Å²) in [5, 5.41) is 7.71. The first-order valence-corrected chi connectivity index (χ1v) is 11.4. The molecular formula is C27H22N4O5. The van der Waals surface area contributed by atoms with Gasteiger partial charge < -0.3 is 15.0 Å². The van der Waals surface area contributed by atoms with Crippen LogP contribution in [0.1, 0.15) is 23.8 Å². The normalized spacial score (nSPS) is 15.1. The number of carbonyl (C=O) groups excluding carboxylic acids is 3. The first-order valence-electron chi connectivity index (χ1n) is 11.4. The summed E-state index contributed by atoms with van der Waals surface area (Å²) in [6, 6.07) is 21.9. The van der Waals surface area contributed by atoms with Crippen LogP contribution < -0.4 is 15.8 Å². The molecular weight excluding hydrogens is 460 g/mol. The van der Waals surface area contributed by atoms with E-state index in [1.807, 2.05) is 0 Å². The van der Waals surface area contributed by atoms with Crippen LogP contribution in [-0.4, -0.2) is 40.2 Å². The molecule has 1 unspecified atom stereocenters. The number of nitrogens with zero attached hydrogens (tertiary/aromatic N) is 3. The second kappa shape index (κ2) is 9.46. The molecule has 0 bridgehead atoms. The first kappa shape index (κ1) is 23.0. The third-order valence-corrected chi connectivity index (χ3v) is 5.95. The van der Waals surface area contributed by atoms with Gasteiger partial charge >= 0.3 is 5.97 Å². The monoisotopic (exact) mass is 482 g/mol. The first-order chi connectivity index (χ1) is 17.4. The third kappa shape index (κ3) is 4.22. The van der Waals surface area contributed by atoms with Crippen molar-refractivity contribution in [3.8, 4) is 5.69 Å². The number of anilines is 2. The minimum Gasteiger partial charge on any atom is -0.451 e. The van der Waals surface area contributed by atoms with Gasteiger partial charge in [0, 0.05) is 17.8 Å². The zero-order valence-electron chi connectivity index (χ0n) is 19.4. The minimum absolute atomic E-state index is 0.0805. The topological polar surface area (TPSA) is 111 Å². The fourth-order valence-corrected chi connectivity index (χ4v) is 4.32. The number of ether oxygens (including phenoxy) is 1. The smallest absolute Gasteiger partial charge is 0.359 e. The van der Waals surface area contributed by atoms with Crippen molar-refractivity contribution in [2.24, 2.45) is 0 Å². The number of nitrogens with one attached hydrogen (secondary N) is 1. The Hall–Kier alpha value is -4.79. The Balaban J connectivity index is 1.46. The van der Waals surface area contributed by atoms with Crippen molar-refractivity contribution in [1.82, 2.24) is 9.78 Å². The summed E-state index contributed by atoms with van der Waals surface area (Å²) in [5.74, 6) is -1.53. The van der Waals surface area contributed by atoms with E-state index in [-0.39, 0.29) is 23.6 Å². The van der Waals surface area contributed by atoms with Crippen LogP contribution in [0.2, 0.25) is 0 Å². The lowest BCUT2D eigenvalue weighted by molar-refractivity contribution is -0.122. The van der Waals surface area contributed by atoms with Crippen LogP contribution in [0.3, 0.4) is 0 Å². The quantitative estimate of drug-likeness (QED) is 0.447. The van der Waals surface area contributed by atoms with Crippen LogP contribution in [-0.2, 0) is 14.3 Å². The molecule has 0 fully saturated rings. The van der Waals surface area contributed by atoms with Crippen LogP contribution in [0, 0.1) is 0 Å². The Kier molecular flexibility index (Phi) is 6.03. The molecule has 1 aliphatic rings. The highest BCUT2D eigenvalue weighted by Gasteiger charge is 2.30. The molecule has 1 atom stereocenters. The molecule has 36 heavy (non-hydrogen) atoms. The predicted octanol–water partition coefficient (Wildman–Crippen LogP) is 3.31. The second-order valence-electron chi connectivity index (χ2n) is 8.41. The van der Waals surface area contributed by atoms with Crippen molar-refractivity contribution in [2.45, 2.75) is 19.4 Å². The lowest BCUT2D eigenvalue weighted by Gasteiger charge is -2.27. The zero-order valence-corrected chi connectivity index (χ0v) is 19.4. The Morgan fingerprint density at radius 2 is 1.61 bits per heavy atom. The van der Waals surface area contributed by atoms with Crippen LogP contribution >= 0.6 is 0 Å². The average molecular weight is 482 g/mol. The molecule has 0 radical (unpaired) electrons. The van der Waals surface area contributed by atoms with E-state index in [2.05, 4.69) is 10.4 Å². The Labute approximate surface area is 205 Å². The lowest BCUT2D eigenvalue weighted by Crippen LogP contribution is -2.41. The number of rotatable bonds is 4. The molecule has 180 valence electrons. The summed E-state index contributed by atoms with van der Waals surface area (Å²) in [6.07, 6.45) is 0.0998. The summed E-state index contributed by atoms with van der Waals surface area (Å²) in [7, 11) is 0. The number of esters is 1. The predicted molar refractivity (Wildman–Crippen MR) is 134 cm³/mol. The van der Waals surface area contributed by atoms with Crippen LogP contribution in [0.15, 0.2) is 83.7 Å². The van der Waals surface area contributed by atoms with E-state index in [0.717, 1.165) is 4.68 Å². The number of carbonyl (C=O) groups is 3. The van der Waals surface area contributed by atoms with Crippen LogP contribution in [0.25, 0.3) is 16.5 Å². The Morgan fingerprint density at radius 1 is 0.944 bits per heavy atom. The number of hydrogen-bond acceptors (Lipinski definition) is 6. The fourth-order valence-electron chi connectivity index (χ4n) is 4.32. The molecule has 1 N–H and O–H groups in total. The third-order valence-electron chi connectivity index (χ3n) is 5.95. The molecule has 1 aliphatic heterocycles. The molecule has 9 nitrogen and oxygen atoms in total. The Bertz CT molecular complexity index is 1550. The summed E-state index contributed by atoms with van der Waals surface area (Å²) < 4.78 is 6.54. The molecule has 0 spiro atoms. The largest absolute Gasteiger partial charge is 0.451 e. The van der Waals surface area contributed by atoms with E-state index in [9.17, 15) is 19.2 Å². The standard InChI is InChI=1S/C27H22N4O5/c1-17-15-23(32)28-21-13-7-8-14-22(21)30(17)24(33)16-36-27(35)25-19-11-5-6-12-20(19)26(34)31(29-25)18-9-3-2-4-10-18/h2-14,17H,15-16H2,1H3,(H,28,32). The maximum atomic E-state index is 13.2. The van der Waals surface area contributed by atoms with Gasteiger partial charge in [-0.2, -0.15) is 9.78 Å². The van der Waals surface area contributed by atoms with E-state index in [1.54, 1.807) is 85.8 Å². The van der Waals surface area contributed by atoms with Crippen LogP contribution in [0.5, 0.6) is 0 Å². The number of aromatic nitrogens is 2. The van der Waals surface area contributed by atoms with Crippen molar-refractivity contribution in [1.29, 1.82) is 0 Å². The Morgan fingerprint density at radius 3 is 2.39 bits per heavy atom. The van der Waals surface area contributed by atoms with Crippen LogP contribution in [0.4, 0.5) is 11.4 Å². The van der Waals surface area contributed by atoms with Crippen molar-refractivity contribution in [3.63, 3.8) is 0 Å². The maximum Gasteiger partial charge on any atom is 0.359 e. The van der Waals surface area contributed by atoms with Gasteiger partial charge in [0.25, 0.3) is 11.5 Å². The molecule has 2 amide bonds. The highest BCUT2D eigenvalue weighted by Crippen LogP contribution is 2.31. The summed E-state index contributed by atoms with van der Waals surface area (Å²) in [6.45, 7) is 1.19. The van der Waals surface area contributed by atoms with Gasteiger partial charge in [0.15, 0.2) is 12.3 Å². The van der Waals surface area contributed by atoms with Gasteiger partial charge in [0.05, 0.1) is 22.4 Å². The molecule has 5 rings (SSSR count). The molecule has 1 aromatic heterocycles. The highest BCUT2D eigenvalue weighted by atomic mass is 16.5. The lowest BCUT2D eigenvalue weighted by atomic mass is 10.1. The van der Waals surface area contributed by atoms with Gasteiger partial charge in [-0.3, -0.25) is 14.4 Å². The van der Waals surface area contributed by atoms with Crippen molar-refractivity contribution < 1.29 is 19.1 Å². The summed E-state index contributed by atoms with van der Waals surface area (Å²) in [4.78, 5) is 53.1. The van der Waals surface area contributed by atoms with Crippen molar-refractivity contribution in [2.75, 3.05) is 16.8 Å². The van der Waals surface area contributed by atoms with E-state index in [0.29, 0.717) is 27.8 Å². The number of benzene rings is 3. The number of hydrogen-bond donors (Lipinski definition) is 1. The molecule has 3 aromatic carbocycles. The fraction of sp³-hybridized carbons (Fsp3) is 0.148. The number of fused-ring (bicyclic) bond motifs is 2. The van der Waals surface area contributed by atoms with Gasteiger partial charge in [-0.05, 0) is 37.3 Å². The zero-order chi connectivity index (χ0) is 25.2. The summed E-state index contributed by atoms with van der Waals surface area (Å²) in [5.41, 5.74) is 1.07. The average Bonchev–Trinajstić information content (AvgIpc) is 3.02. The van der Waals surface area contributed by atoms with Gasteiger partial charge in [-0.25, -0.2) is 4.79 Å². The minimum atomic E-state index is -0.839. The van der Waals surface area contributed by atoms with E-state index < -0.39 is 24.5 Å². The maximum absolute atomic E-state index is 13.2. The van der Waals surface area contributed by atoms with E-state index >= 15 is 0 Å². The molecule has 9 heteroatoms.